The minimum atomic E-state index is 0.681. The molecule has 0 saturated carbocycles. The van der Waals surface area contributed by atoms with Crippen LogP contribution in [0.2, 0.25) is 0 Å². The lowest BCUT2D eigenvalue weighted by atomic mass is 10.0. The van der Waals surface area contributed by atoms with Gasteiger partial charge in [0.15, 0.2) is 0 Å². The normalized spacial score (nSPS) is 11.0. The number of imidazole rings is 1. The number of hydrogen-bond acceptors (Lipinski definition) is 3. The molecule has 2 aromatic heterocycles. The van der Waals surface area contributed by atoms with E-state index in [0.29, 0.717) is 5.82 Å². The van der Waals surface area contributed by atoms with Crippen LogP contribution in [-0.4, -0.2) is 23.5 Å². The van der Waals surface area contributed by atoms with Crippen LogP contribution in [0.5, 0.6) is 0 Å². The number of benzene rings is 1. The third-order valence-corrected chi connectivity index (χ3v) is 3.79. The van der Waals surface area contributed by atoms with Gasteiger partial charge < -0.3 is 10.6 Å². The molecule has 0 bridgehead atoms. The first-order chi connectivity index (χ1) is 9.97. The lowest BCUT2D eigenvalue weighted by Gasteiger charge is -2.12. The van der Waals surface area contributed by atoms with Gasteiger partial charge in [-0.2, -0.15) is 0 Å². The van der Waals surface area contributed by atoms with Crippen LogP contribution in [0.25, 0.3) is 16.9 Å². The second-order valence-corrected chi connectivity index (χ2v) is 5.67. The Morgan fingerprint density at radius 3 is 2.52 bits per heavy atom. The molecule has 0 aliphatic heterocycles. The van der Waals surface area contributed by atoms with Crippen LogP contribution in [0.1, 0.15) is 11.1 Å². The van der Waals surface area contributed by atoms with Crippen molar-refractivity contribution < 1.29 is 0 Å². The summed E-state index contributed by atoms with van der Waals surface area (Å²) < 4.78 is 1.95. The number of anilines is 2. The van der Waals surface area contributed by atoms with E-state index in [4.69, 9.17) is 10.7 Å². The molecule has 0 aliphatic rings. The first kappa shape index (κ1) is 13.5. The van der Waals surface area contributed by atoms with Crippen molar-refractivity contribution in [2.24, 2.45) is 0 Å². The molecule has 1 aromatic carbocycles. The van der Waals surface area contributed by atoms with E-state index in [1.165, 1.54) is 11.1 Å². The molecule has 0 spiro atoms. The third-order valence-electron chi connectivity index (χ3n) is 3.79. The average molecular weight is 280 g/mol. The average Bonchev–Trinajstić information content (AvgIpc) is 2.75. The molecule has 3 aromatic rings. The molecule has 2 N–H and O–H groups in total. The summed E-state index contributed by atoms with van der Waals surface area (Å²) in [6.45, 7) is 4.18. The van der Waals surface area contributed by atoms with Gasteiger partial charge in [0.05, 0.1) is 5.69 Å². The number of pyridine rings is 1. The number of nitrogens with two attached hydrogens (primary N) is 1. The maximum atomic E-state index is 6.33. The fourth-order valence-electron chi connectivity index (χ4n) is 2.59. The summed E-state index contributed by atoms with van der Waals surface area (Å²) in [4.78, 5) is 6.74. The third kappa shape index (κ3) is 2.23. The van der Waals surface area contributed by atoms with Gasteiger partial charge >= 0.3 is 0 Å². The minimum absolute atomic E-state index is 0.681. The van der Waals surface area contributed by atoms with Crippen molar-refractivity contribution >= 4 is 17.2 Å². The Morgan fingerprint density at radius 1 is 1.10 bits per heavy atom. The molecule has 0 radical (unpaired) electrons. The standard InChI is InChI=1S/C17H20N4/c1-11-5-7-14(12(2)9-11)16-17(18)21-10-13(20(3)4)6-8-15(21)19-16/h5-10H,18H2,1-4H3. The number of hydrogen-bond donors (Lipinski definition) is 1. The van der Waals surface area contributed by atoms with Crippen LogP contribution in [0.3, 0.4) is 0 Å². The Labute approximate surface area is 124 Å². The second kappa shape index (κ2) is 4.81. The molecule has 0 fully saturated rings. The van der Waals surface area contributed by atoms with Gasteiger partial charge in [0.25, 0.3) is 0 Å². The SMILES string of the molecule is Cc1ccc(-c2nc3ccc(N(C)C)cn3c2N)c(C)c1. The monoisotopic (exact) mass is 280 g/mol. The number of rotatable bonds is 2. The Bertz CT molecular complexity index is 815. The molecule has 0 aliphatic carbocycles. The Morgan fingerprint density at radius 2 is 1.86 bits per heavy atom. The maximum Gasteiger partial charge on any atom is 0.139 e. The van der Waals surface area contributed by atoms with Crippen LogP contribution < -0.4 is 10.6 Å². The topological polar surface area (TPSA) is 46.6 Å². The van der Waals surface area contributed by atoms with Crippen LogP contribution in [0.4, 0.5) is 11.5 Å². The van der Waals surface area contributed by atoms with E-state index in [9.17, 15) is 0 Å². The summed E-state index contributed by atoms with van der Waals surface area (Å²) >= 11 is 0. The van der Waals surface area contributed by atoms with Gasteiger partial charge in [-0.1, -0.05) is 23.8 Å². The van der Waals surface area contributed by atoms with Gasteiger partial charge in [0, 0.05) is 25.9 Å². The van der Waals surface area contributed by atoms with Gasteiger partial charge in [0.2, 0.25) is 0 Å². The van der Waals surface area contributed by atoms with Crippen molar-refractivity contribution in [2.45, 2.75) is 13.8 Å². The number of nitrogen functional groups attached to an aromatic ring is 1. The summed E-state index contributed by atoms with van der Waals surface area (Å²) in [5.41, 5.74) is 12.7. The molecule has 108 valence electrons. The second-order valence-electron chi connectivity index (χ2n) is 5.67. The summed E-state index contributed by atoms with van der Waals surface area (Å²) in [5.74, 6) is 0.681. The fraction of sp³-hybridized carbons (Fsp3) is 0.235. The lowest BCUT2D eigenvalue weighted by Crippen LogP contribution is -2.09. The van der Waals surface area contributed by atoms with E-state index in [0.717, 1.165) is 22.6 Å². The molecule has 21 heavy (non-hydrogen) atoms. The van der Waals surface area contributed by atoms with E-state index in [1.807, 2.05) is 36.8 Å². The zero-order valence-corrected chi connectivity index (χ0v) is 12.9. The van der Waals surface area contributed by atoms with Crippen LogP contribution in [0.15, 0.2) is 36.5 Å². The highest BCUT2D eigenvalue weighted by Gasteiger charge is 2.13. The van der Waals surface area contributed by atoms with E-state index < -0.39 is 0 Å². The zero-order chi connectivity index (χ0) is 15.1. The molecule has 0 unspecified atom stereocenters. The van der Waals surface area contributed by atoms with E-state index >= 15 is 0 Å². The Kier molecular flexibility index (Phi) is 3.09. The highest BCUT2D eigenvalue weighted by Crippen LogP contribution is 2.30. The van der Waals surface area contributed by atoms with Gasteiger partial charge in [-0.15, -0.1) is 0 Å². The molecule has 0 amide bonds. The smallest absolute Gasteiger partial charge is 0.139 e. The molecule has 3 rings (SSSR count). The van der Waals surface area contributed by atoms with Crippen LogP contribution in [0, 0.1) is 13.8 Å². The summed E-state index contributed by atoms with van der Waals surface area (Å²) in [5, 5.41) is 0. The first-order valence-corrected chi connectivity index (χ1v) is 7.00. The van der Waals surface area contributed by atoms with E-state index in [2.05, 4.69) is 36.9 Å². The quantitative estimate of drug-likeness (QED) is 0.783. The van der Waals surface area contributed by atoms with E-state index in [1.54, 1.807) is 0 Å². The van der Waals surface area contributed by atoms with Crippen LogP contribution >= 0.6 is 0 Å². The Hall–Kier alpha value is -2.49. The van der Waals surface area contributed by atoms with Crippen molar-refractivity contribution in [3.63, 3.8) is 0 Å². The first-order valence-electron chi connectivity index (χ1n) is 7.00. The number of nitrogens with zero attached hydrogens (tertiary/aromatic N) is 3. The molecule has 4 nitrogen and oxygen atoms in total. The van der Waals surface area contributed by atoms with Crippen molar-refractivity contribution in [1.29, 1.82) is 0 Å². The minimum Gasteiger partial charge on any atom is -0.383 e. The van der Waals surface area contributed by atoms with Crippen LogP contribution in [-0.2, 0) is 0 Å². The van der Waals surface area contributed by atoms with Crippen molar-refractivity contribution in [1.82, 2.24) is 9.38 Å². The van der Waals surface area contributed by atoms with Gasteiger partial charge in [-0.3, -0.25) is 4.40 Å². The van der Waals surface area contributed by atoms with Crippen molar-refractivity contribution in [2.75, 3.05) is 24.7 Å². The molecule has 0 saturated heterocycles. The predicted octanol–water partition coefficient (Wildman–Crippen LogP) is 3.27. The highest BCUT2D eigenvalue weighted by molar-refractivity contribution is 5.77. The van der Waals surface area contributed by atoms with Gasteiger partial charge in [-0.05, 0) is 31.5 Å². The zero-order valence-electron chi connectivity index (χ0n) is 12.9. The van der Waals surface area contributed by atoms with Gasteiger partial charge in [-0.25, -0.2) is 4.98 Å². The van der Waals surface area contributed by atoms with Gasteiger partial charge in [0.1, 0.15) is 17.2 Å². The molecule has 4 heteroatoms. The number of aryl methyl sites for hydroxylation is 2. The molecular formula is C17H20N4. The number of aromatic nitrogens is 2. The lowest BCUT2D eigenvalue weighted by molar-refractivity contribution is 1.09. The molecule has 0 atom stereocenters. The fourth-order valence-corrected chi connectivity index (χ4v) is 2.59. The van der Waals surface area contributed by atoms with Crippen molar-refractivity contribution in [3.8, 4) is 11.3 Å². The largest absolute Gasteiger partial charge is 0.383 e. The summed E-state index contributed by atoms with van der Waals surface area (Å²) in [6.07, 6.45) is 2.02. The molecular weight excluding hydrogens is 260 g/mol. The summed E-state index contributed by atoms with van der Waals surface area (Å²) in [6, 6.07) is 10.4. The molecule has 2 heterocycles. The van der Waals surface area contributed by atoms with E-state index in [-0.39, 0.29) is 0 Å². The maximum absolute atomic E-state index is 6.33. The van der Waals surface area contributed by atoms with Crippen molar-refractivity contribution in [3.05, 3.63) is 47.7 Å². The predicted molar refractivity (Wildman–Crippen MR) is 88.8 cm³/mol. The number of fused-ring (bicyclic) bond motifs is 1. The highest BCUT2D eigenvalue weighted by atomic mass is 15.1. The Balaban J connectivity index is 2.22. The summed E-state index contributed by atoms with van der Waals surface area (Å²) in [7, 11) is 4.03.